The van der Waals surface area contributed by atoms with E-state index >= 15 is 0 Å². The molecule has 160 valence electrons. The smallest absolute Gasteiger partial charge is 0.222 e. The number of nitrogens with one attached hydrogen (secondary N) is 1. The fraction of sp³-hybridized carbons (Fsp3) is 0.480. The average Bonchev–Trinajstić information content (AvgIpc) is 3.55. The molecule has 0 spiro atoms. The molecule has 1 amide bonds. The number of methoxy groups -OCH3 is 1. The molecular weight excluding hydrogens is 376 g/mol. The monoisotopic (exact) mass is 408 g/mol. The first-order valence-electron chi connectivity index (χ1n) is 11.0. The fourth-order valence-corrected chi connectivity index (χ4v) is 3.80. The number of benzene rings is 2. The van der Waals surface area contributed by atoms with Crippen molar-refractivity contribution in [1.82, 2.24) is 5.32 Å². The largest absolute Gasteiger partial charge is 0.493 e. The molecule has 1 N–H and O–H groups in total. The Labute approximate surface area is 179 Å². The third kappa shape index (κ3) is 5.33. The summed E-state index contributed by atoms with van der Waals surface area (Å²) in [5.74, 6) is 2.33. The summed E-state index contributed by atoms with van der Waals surface area (Å²) in [6.45, 7) is 5.39. The lowest BCUT2D eigenvalue weighted by Crippen LogP contribution is -2.45. The third-order valence-electron chi connectivity index (χ3n) is 6.08. The molecule has 0 unspecified atom stereocenters. The lowest BCUT2D eigenvalue weighted by Gasteiger charge is -2.41. The molecule has 1 saturated heterocycles. The predicted molar refractivity (Wildman–Crippen MR) is 119 cm³/mol. The first-order valence-corrected chi connectivity index (χ1v) is 11.0. The third-order valence-corrected chi connectivity index (χ3v) is 6.08. The average molecular weight is 409 g/mol. The number of anilines is 1. The van der Waals surface area contributed by atoms with Crippen molar-refractivity contribution >= 4 is 11.6 Å². The van der Waals surface area contributed by atoms with Crippen LogP contribution in [0.2, 0.25) is 0 Å². The summed E-state index contributed by atoms with van der Waals surface area (Å²) >= 11 is 0. The number of amides is 1. The summed E-state index contributed by atoms with van der Waals surface area (Å²) in [6, 6.07) is 17.2. The van der Waals surface area contributed by atoms with E-state index in [1.807, 2.05) is 6.92 Å². The highest BCUT2D eigenvalue weighted by molar-refractivity contribution is 5.76. The van der Waals surface area contributed by atoms with E-state index in [-0.39, 0.29) is 11.9 Å². The lowest BCUT2D eigenvalue weighted by molar-refractivity contribution is -0.122. The van der Waals surface area contributed by atoms with Gasteiger partial charge in [0.2, 0.25) is 5.91 Å². The summed E-state index contributed by atoms with van der Waals surface area (Å²) in [5, 5.41) is 3.02. The Morgan fingerprint density at radius 3 is 2.43 bits per heavy atom. The first kappa shape index (κ1) is 20.7. The van der Waals surface area contributed by atoms with Crippen molar-refractivity contribution in [2.75, 3.05) is 38.3 Å². The van der Waals surface area contributed by atoms with Crippen molar-refractivity contribution in [2.24, 2.45) is 5.92 Å². The molecular formula is C25H32N2O3. The normalized spacial score (nSPS) is 17.3. The molecule has 0 aromatic heterocycles. The van der Waals surface area contributed by atoms with Crippen molar-refractivity contribution < 1.29 is 14.3 Å². The zero-order valence-electron chi connectivity index (χ0n) is 18.0. The van der Waals surface area contributed by atoms with Gasteiger partial charge in [-0.15, -0.1) is 0 Å². The zero-order chi connectivity index (χ0) is 20.9. The van der Waals surface area contributed by atoms with Gasteiger partial charge in [0.15, 0.2) is 0 Å². The van der Waals surface area contributed by atoms with Gasteiger partial charge in [-0.3, -0.25) is 4.79 Å². The number of hydrogen-bond acceptors (Lipinski definition) is 4. The second-order valence-corrected chi connectivity index (χ2v) is 8.55. The molecule has 1 saturated carbocycles. The maximum Gasteiger partial charge on any atom is 0.222 e. The van der Waals surface area contributed by atoms with E-state index in [1.165, 1.54) is 24.1 Å². The minimum atomic E-state index is 0.00180. The molecule has 1 aliphatic carbocycles. The number of carbonyl (C=O) groups is 1. The quantitative estimate of drug-likeness (QED) is 0.637. The van der Waals surface area contributed by atoms with Crippen LogP contribution in [0.4, 0.5) is 5.69 Å². The predicted octanol–water partition coefficient (Wildman–Crippen LogP) is 4.29. The Kier molecular flexibility index (Phi) is 6.58. The van der Waals surface area contributed by atoms with Crippen LogP contribution in [-0.2, 0) is 9.53 Å². The Bertz CT molecular complexity index is 824. The highest BCUT2D eigenvalue weighted by Gasteiger charge is 2.28. The summed E-state index contributed by atoms with van der Waals surface area (Å²) in [5.41, 5.74) is 3.74. The van der Waals surface area contributed by atoms with Crippen LogP contribution in [0.25, 0.3) is 0 Å². The Hall–Kier alpha value is -2.53. The molecule has 0 bridgehead atoms. The molecule has 5 heteroatoms. The van der Waals surface area contributed by atoms with Crippen LogP contribution >= 0.6 is 0 Å². The number of rotatable bonds is 10. The lowest BCUT2D eigenvalue weighted by atomic mass is 9.90. The topological polar surface area (TPSA) is 50.8 Å². The van der Waals surface area contributed by atoms with Crippen LogP contribution in [0.3, 0.4) is 0 Å². The van der Waals surface area contributed by atoms with Gasteiger partial charge in [0, 0.05) is 38.2 Å². The van der Waals surface area contributed by atoms with Crippen LogP contribution in [0.15, 0.2) is 48.5 Å². The number of nitrogens with zero attached hydrogens (tertiary/aromatic N) is 1. The summed E-state index contributed by atoms with van der Waals surface area (Å²) in [7, 11) is 1.61. The maximum atomic E-state index is 11.9. The Morgan fingerprint density at radius 2 is 1.80 bits per heavy atom. The van der Waals surface area contributed by atoms with Crippen molar-refractivity contribution in [3.05, 3.63) is 59.7 Å². The standard InChI is InChI=1S/C25H32N2O3/c1-18(26-25(28)13-14-29-2)20-5-7-21(8-6-20)22-15-27(16-22)23-9-11-24(12-10-23)30-17-19-3-4-19/h5-12,18-19,22H,3-4,13-17H2,1-2H3,(H,26,28)/t18-/m0/s1. The molecule has 1 heterocycles. The van der Waals surface area contributed by atoms with Crippen molar-refractivity contribution in [2.45, 2.75) is 38.1 Å². The molecule has 2 fully saturated rings. The van der Waals surface area contributed by atoms with Gasteiger partial charge in [-0.2, -0.15) is 0 Å². The molecule has 2 aromatic carbocycles. The Balaban J connectivity index is 1.24. The van der Waals surface area contributed by atoms with E-state index in [1.54, 1.807) is 7.11 Å². The van der Waals surface area contributed by atoms with Crippen LogP contribution in [-0.4, -0.2) is 39.3 Å². The van der Waals surface area contributed by atoms with E-state index in [4.69, 9.17) is 9.47 Å². The number of carbonyl (C=O) groups excluding carboxylic acids is 1. The molecule has 2 aliphatic rings. The highest BCUT2D eigenvalue weighted by Crippen LogP contribution is 2.34. The van der Waals surface area contributed by atoms with Crippen LogP contribution in [0.1, 0.15) is 49.3 Å². The van der Waals surface area contributed by atoms with E-state index in [9.17, 15) is 4.79 Å². The van der Waals surface area contributed by atoms with Gasteiger partial charge in [0.05, 0.1) is 19.3 Å². The van der Waals surface area contributed by atoms with Crippen LogP contribution in [0.5, 0.6) is 5.75 Å². The van der Waals surface area contributed by atoms with Gasteiger partial charge in [0.25, 0.3) is 0 Å². The first-order chi connectivity index (χ1) is 14.6. The van der Waals surface area contributed by atoms with Gasteiger partial charge in [-0.05, 0) is 61.1 Å². The molecule has 5 nitrogen and oxygen atoms in total. The van der Waals surface area contributed by atoms with E-state index in [0.29, 0.717) is 18.9 Å². The highest BCUT2D eigenvalue weighted by atomic mass is 16.5. The summed E-state index contributed by atoms with van der Waals surface area (Å²) < 4.78 is 10.8. The number of ether oxygens (including phenoxy) is 2. The minimum Gasteiger partial charge on any atom is -0.493 e. The Morgan fingerprint density at radius 1 is 1.10 bits per heavy atom. The molecule has 1 atom stereocenters. The molecule has 30 heavy (non-hydrogen) atoms. The molecule has 0 radical (unpaired) electrons. The fourth-order valence-electron chi connectivity index (χ4n) is 3.80. The summed E-state index contributed by atoms with van der Waals surface area (Å²) in [6.07, 6.45) is 3.02. The second-order valence-electron chi connectivity index (χ2n) is 8.55. The molecule has 4 rings (SSSR count). The van der Waals surface area contributed by atoms with Crippen LogP contribution < -0.4 is 15.0 Å². The number of hydrogen-bond donors (Lipinski definition) is 1. The van der Waals surface area contributed by atoms with Crippen LogP contribution in [0, 0.1) is 5.92 Å². The minimum absolute atomic E-state index is 0.00180. The zero-order valence-corrected chi connectivity index (χ0v) is 18.0. The molecule has 1 aliphatic heterocycles. The van der Waals surface area contributed by atoms with E-state index in [2.05, 4.69) is 58.7 Å². The van der Waals surface area contributed by atoms with Crippen molar-refractivity contribution in [1.29, 1.82) is 0 Å². The van der Waals surface area contributed by atoms with Gasteiger partial charge >= 0.3 is 0 Å². The second kappa shape index (κ2) is 9.52. The molecule has 2 aromatic rings. The van der Waals surface area contributed by atoms with Gasteiger partial charge in [-0.25, -0.2) is 0 Å². The van der Waals surface area contributed by atoms with Crippen molar-refractivity contribution in [3.63, 3.8) is 0 Å². The maximum absolute atomic E-state index is 11.9. The summed E-state index contributed by atoms with van der Waals surface area (Å²) in [4.78, 5) is 14.3. The van der Waals surface area contributed by atoms with Gasteiger partial charge in [0.1, 0.15) is 5.75 Å². The van der Waals surface area contributed by atoms with E-state index in [0.717, 1.165) is 36.9 Å². The van der Waals surface area contributed by atoms with Gasteiger partial charge < -0.3 is 19.7 Å². The SMILES string of the molecule is COCCC(=O)N[C@@H](C)c1ccc(C2CN(c3ccc(OCC4CC4)cc3)C2)cc1. The van der Waals surface area contributed by atoms with Crippen molar-refractivity contribution in [3.8, 4) is 5.75 Å². The van der Waals surface area contributed by atoms with Gasteiger partial charge in [-0.1, -0.05) is 24.3 Å². The van der Waals surface area contributed by atoms with E-state index < -0.39 is 0 Å².